The molecule has 1 aliphatic rings. The number of carbonyl (C=O) groups excluding carboxylic acids is 3. The predicted molar refractivity (Wildman–Crippen MR) is 101 cm³/mol. The first-order chi connectivity index (χ1) is 12.8. The largest absolute Gasteiger partial charge is 0.506 e. The van der Waals surface area contributed by atoms with Crippen molar-refractivity contribution < 1.29 is 23.9 Å². The van der Waals surface area contributed by atoms with Gasteiger partial charge in [0.25, 0.3) is 11.1 Å². The zero-order valence-corrected chi connectivity index (χ0v) is 15.2. The molecule has 0 radical (unpaired) electrons. The summed E-state index contributed by atoms with van der Waals surface area (Å²) in [6.45, 7) is -0.463. The summed E-state index contributed by atoms with van der Waals surface area (Å²) in [5, 5.41) is 11.4. The van der Waals surface area contributed by atoms with Gasteiger partial charge in [0.1, 0.15) is 18.1 Å². The van der Waals surface area contributed by atoms with Crippen molar-refractivity contribution in [2.45, 2.75) is 0 Å². The molecule has 0 atom stereocenters. The van der Waals surface area contributed by atoms with Crippen molar-refractivity contribution in [1.82, 2.24) is 4.90 Å². The number of aromatic hydroxyl groups is 1. The van der Waals surface area contributed by atoms with E-state index in [0.717, 1.165) is 4.90 Å². The lowest BCUT2D eigenvalue weighted by Gasteiger charge is -2.12. The van der Waals surface area contributed by atoms with Gasteiger partial charge in [0.2, 0.25) is 5.91 Å². The quantitative estimate of drug-likeness (QED) is 0.753. The monoisotopic (exact) mass is 406 g/mol. The minimum atomic E-state index is -0.608. The molecule has 0 aromatic heterocycles. The molecule has 2 N–H and O–H groups in total. The van der Waals surface area contributed by atoms with E-state index in [1.54, 1.807) is 0 Å². The Balaban J connectivity index is 1.70. The zero-order chi connectivity index (χ0) is 19.6. The highest BCUT2D eigenvalue weighted by Gasteiger charge is 2.36. The molecular weight excluding hydrogens is 395 g/mol. The number of hydrogen-bond donors (Lipinski definition) is 2. The Morgan fingerprint density at radius 3 is 2.59 bits per heavy atom. The standard InChI is InChI=1S/C18H12ClFN2O4S/c19-13-7-10(1-6-14(13)23)8-15-17(25)22(18(26)27-15)9-16(24)21-12-4-2-11(20)3-5-12/h1-8,23H,9H2,(H,21,24)/b15-8-. The van der Waals surface area contributed by atoms with Crippen LogP contribution in [0.2, 0.25) is 5.02 Å². The van der Waals surface area contributed by atoms with Crippen molar-refractivity contribution in [3.8, 4) is 5.75 Å². The normalized spacial score (nSPS) is 15.5. The molecule has 1 fully saturated rings. The molecule has 2 aromatic rings. The van der Waals surface area contributed by atoms with E-state index in [1.807, 2.05) is 0 Å². The van der Waals surface area contributed by atoms with Crippen molar-refractivity contribution >= 4 is 52.2 Å². The second-order valence-electron chi connectivity index (χ2n) is 5.53. The van der Waals surface area contributed by atoms with E-state index in [0.29, 0.717) is 23.0 Å². The fraction of sp³-hybridized carbons (Fsp3) is 0.0556. The van der Waals surface area contributed by atoms with Crippen LogP contribution in [0.15, 0.2) is 47.4 Å². The van der Waals surface area contributed by atoms with Gasteiger partial charge in [-0.1, -0.05) is 17.7 Å². The topological polar surface area (TPSA) is 86.7 Å². The molecule has 1 aliphatic heterocycles. The summed E-state index contributed by atoms with van der Waals surface area (Å²) in [6, 6.07) is 9.46. The highest BCUT2D eigenvalue weighted by molar-refractivity contribution is 8.18. The number of benzene rings is 2. The van der Waals surface area contributed by atoms with Crippen LogP contribution in [0.4, 0.5) is 14.9 Å². The van der Waals surface area contributed by atoms with Gasteiger partial charge in [0.05, 0.1) is 9.93 Å². The SMILES string of the molecule is O=C(CN1C(=O)S/C(=C\c2ccc(O)c(Cl)c2)C1=O)Nc1ccc(F)cc1. The third-order valence-electron chi connectivity index (χ3n) is 3.57. The van der Waals surface area contributed by atoms with E-state index in [-0.39, 0.29) is 15.7 Å². The molecule has 0 spiro atoms. The third kappa shape index (κ3) is 4.47. The van der Waals surface area contributed by atoms with Gasteiger partial charge in [0.15, 0.2) is 0 Å². The Labute approximate surface area is 162 Å². The van der Waals surface area contributed by atoms with E-state index in [9.17, 15) is 23.9 Å². The maximum atomic E-state index is 12.9. The summed E-state index contributed by atoms with van der Waals surface area (Å²) >= 11 is 6.52. The molecule has 0 aliphatic carbocycles. The molecule has 138 valence electrons. The summed E-state index contributed by atoms with van der Waals surface area (Å²) in [5.74, 6) is -1.74. The van der Waals surface area contributed by atoms with E-state index in [2.05, 4.69) is 5.32 Å². The number of anilines is 1. The Bertz CT molecular complexity index is 962. The van der Waals surface area contributed by atoms with E-state index in [1.165, 1.54) is 48.5 Å². The van der Waals surface area contributed by atoms with Gasteiger partial charge < -0.3 is 10.4 Å². The Hall–Kier alpha value is -2.84. The summed E-state index contributed by atoms with van der Waals surface area (Å²) in [5.41, 5.74) is 0.877. The summed E-state index contributed by atoms with van der Waals surface area (Å²) in [7, 11) is 0. The second-order valence-corrected chi connectivity index (χ2v) is 6.93. The van der Waals surface area contributed by atoms with Crippen molar-refractivity contribution in [2.75, 3.05) is 11.9 Å². The number of nitrogens with one attached hydrogen (secondary N) is 1. The maximum absolute atomic E-state index is 12.9. The summed E-state index contributed by atoms with van der Waals surface area (Å²) in [6.07, 6.45) is 1.45. The molecular formula is C18H12ClFN2O4S. The number of phenols is 1. The number of rotatable bonds is 4. The Kier molecular flexibility index (Phi) is 5.48. The van der Waals surface area contributed by atoms with Gasteiger partial charge in [-0.15, -0.1) is 0 Å². The first kappa shape index (κ1) is 18.9. The Morgan fingerprint density at radius 1 is 1.22 bits per heavy atom. The van der Waals surface area contributed by atoms with Crippen LogP contribution in [-0.2, 0) is 9.59 Å². The van der Waals surface area contributed by atoms with Crippen molar-refractivity contribution in [1.29, 1.82) is 0 Å². The molecule has 0 unspecified atom stereocenters. The van der Waals surface area contributed by atoms with Gasteiger partial charge in [0, 0.05) is 5.69 Å². The smallest absolute Gasteiger partial charge is 0.294 e. The van der Waals surface area contributed by atoms with Gasteiger partial charge in [-0.3, -0.25) is 19.3 Å². The van der Waals surface area contributed by atoms with Crippen molar-refractivity contribution in [2.24, 2.45) is 0 Å². The van der Waals surface area contributed by atoms with Crippen LogP contribution in [-0.4, -0.2) is 33.6 Å². The third-order valence-corrected chi connectivity index (χ3v) is 4.78. The van der Waals surface area contributed by atoms with Crippen molar-refractivity contribution in [3.63, 3.8) is 0 Å². The van der Waals surface area contributed by atoms with Gasteiger partial charge in [-0.25, -0.2) is 4.39 Å². The highest BCUT2D eigenvalue weighted by Crippen LogP contribution is 2.33. The van der Waals surface area contributed by atoms with E-state index < -0.39 is 29.4 Å². The van der Waals surface area contributed by atoms with Crippen molar-refractivity contribution in [3.05, 3.63) is 63.8 Å². The first-order valence-corrected chi connectivity index (χ1v) is 8.82. The zero-order valence-electron chi connectivity index (χ0n) is 13.6. The van der Waals surface area contributed by atoms with E-state index in [4.69, 9.17) is 11.6 Å². The Morgan fingerprint density at radius 2 is 1.93 bits per heavy atom. The second kappa shape index (κ2) is 7.81. The number of carbonyl (C=O) groups is 3. The fourth-order valence-electron chi connectivity index (χ4n) is 2.28. The van der Waals surface area contributed by atoms with Gasteiger partial charge >= 0.3 is 0 Å². The average Bonchev–Trinajstić information content (AvgIpc) is 2.87. The minimum absolute atomic E-state index is 0.0978. The van der Waals surface area contributed by atoms with E-state index >= 15 is 0 Å². The lowest BCUT2D eigenvalue weighted by Crippen LogP contribution is -2.36. The minimum Gasteiger partial charge on any atom is -0.506 e. The lowest BCUT2D eigenvalue weighted by atomic mass is 10.2. The number of phenolic OH excluding ortho intramolecular Hbond substituents is 1. The summed E-state index contributed by atoms with van der Waals surface area (Å²) < 4.78 is 12.9. The van der Waals surface area contributed by atoms with Crippen LogP contribution >= 0.6 is 23.4 Å². The lowest BCUT2D eigenvalue weighted by molar-refractivity contribution is -0.127. The number of amides is 3. The van der Waals surface area contributed by atoms with Crippen LogP contribution in [0.5, 0.6) is 5.75 Å². The van der Waals surface area contributed by atoms with Crippen LogP contribution in [0.3, 0.4) is 0 Å². The summed E-state index contributed by atoms with van der Waals surface area (Å²) in [4.78, 5) is 37.5. The van der Waals surface area contributed by atoms with Crippen LogP contribution in [0.1, 0.15) is 5.56 Å². The average molecular weight is 407 g/mol. The molecule has 0 bridgehead atoms. The number of thioether (sulfide) groups is 1. The maximum Gasteiger partial charge on any atom is 0.294 e. The molecule has 0 saturated carbocycles. The molecule has 3 amide bonds. The molecule has 6 nitrogen and oxygen atoms in total. The highest BCUT2D eigenvalue weighted by atomic mass is 35.5. The van der Waals surface area contributed by atoms with Crippen LogP contribution < -0.4 is 5.32 Å². The first-order valence-electron chi connectivity index (χ1n) is 7.63. The fourth-order valence-corrected chi connectivity index (χ4v) is 3.31. The van der Waals surface area contributed by atoms with Crippen LogP contribution in [0.25, 0.3) is 6.08 Å². The number of nitrogens with zero attached hydrogens (tertiary/aromatic N) is 1. The van der Waals surface area contributed by atoms with Crippen LogP contribution in [0, 0.1) is 5.82 Å². The molecule has 1 heterocycles. The number of halogens is 2. The molecule has 1 saturated heterocycles. The number of hydrogen-bond acceptors (Lipinski definition) is 5. The molecule has 2 aromatic carbocycles. The molecule has 27 heavy (non-hydrogen) atoms. The van der Waals surface area contributed by atoms with Gasteiger partial charge in [-0.2, -0.15) is 0 Å². The molecule has 9 heteroatoms. The predicted octanol–water partition coefficient (Wildman–Crippen LogP) is 3.86. The number of imide groups is 1. The molecule has 3 rings (SSSR count). The van der Waals surface area contributed by atoms with Gasteiger partial charge in [-0.05, 0) is 59.8 Å².